The summed E-state index contributed by atoms with van der Waals surface area (Å²) in [7, 11) is 0. The molecule has 8 nitrogen and oxygen atoms in total. The lowest BCUT2D eigenvalue weighted by Crippen LogP contribution is -2.40. The number of benzene rings is 1. The van der Waals surface area contributed by atoms with Crippen molar-refractivity contribution in [3.63, 3.8) is 0 Å². The highest BCUT2D eigenvalue weighted by Gasteiger charge is 2.25. The topological polar surface area (TPSA) is 108 Å². The van der Waals surface area contributed by atoms with Crippen molar-refractivity contribution in [2.75, 3.05) is 18.0 Å². The van der Waals surface area contributed by atoms with Crippen LogP contribution in [0.25, 0.3) is 0 Å². The van der Waals surface area contributed by atoms with Gasteiger partial charge in [0.2, 0.25) is 0 Å². The molecule has 1 aliphatic carbocycles. The smallest absolute Gasteiger partial charge is 0.272 e. The van der Waals surface area contributed by atoms with Gasteiger partial charge in [0.1, 0.15) is 18.1 Å². The lowest BCUT2D eigenvalue weighted by molar-refractivity contribution is -0.111. The van der Waals surface area contributed by atoms with E-state index in [2.05, 4.69) is 15.5 Å². The zero-order chi connectivity index (χ0) is 23.2. The summed E-state index contributed by atoms with van der Waals surface area (Å²) in [5, 5.41) is 20.7. The molecule has 1 atom stereocenters. The molecule has 1 amide bonds. The summed E-state index contributed by atoms with van der Waals surface area (Å²) in [6.07, 6.45) is 6.10. The molecule has 172 valence electrons. The number of aromatic nitrogens is 2. The first-order chi connectivity index (χ1) is 16.1. The van der Waals surface area contributed by atoms with Crippen molar-refractivity contribution in [3.05, 3.63) is 46.6 Å². The number of nitrogens with zero attached hydrogens (tertiary/aromatic N) is 4. The molecule has 2 aromatic rings. The fraction of sp³-hybridized carbons (Fsp3) is 0.458. The third-order valence-electron chi connectivity index (χ3n) is 6.23. The second-order valence-corrected chi connectivity index (χ2v) is 8.99. The molecule has 1 saturated heterocycles. The second kappa shape index (κ2) is 10.6. The average molecular weight is 468 g/mol. The van der Waals surface area contributed by atoms with Crippen molar-refractivity contribution in [3.8, 4) is 11.8 Å². The van der Waals surface area contributed by atoms with Gasteiger partial charge in [0, 0.05) is 31.1 Å². The summed E-state index contributed by atoms with van der Waals surface area (Å²) in [6, 6.07) is 10.6. The van der Waals surface area contributed by atoms with Crippen LogP contribution in [0.1, 0.15) is 54.6 Å². The molecule has 1 saturated carbocycles. The summed E-state index contributed by atoms with van der Waals surface area (Å²) >= 11 is 6.08. The van der Waals surface area contributed by atoms with Crippen LogP contribution in [0, 0.1) is 17.2 Å². The molecule has 1 unspecified atom stereocenters. The van der Waals surface area contributed by atoms with Gasteiger partial charge in [-0.2, -0.15) is 5.26 Å². The number of anilines is 1. The van der Waals surface area contributed by atoms with Gasteiger partial charge in [-0.05, 0) is 62.8 Å². The van der Waals surface area contributed by atoms with Crippen LogP contribution in [0.2, 0.25) is 5.02 Å². The predicted molar refractivity (Wildman–Crippen MR) is 123 cm³/mol. The average Bonchev–Trinajstić information content (AvgIpc) is 2.85. The van der Waals surface area contributed by atoms with Gasteiger partial charge in [-0.15, -0.1) is 10.2 Å². The van der Waals surface area contributed by atoms with Crippen molar-refractivity contribution in [1.29, 1.82) is 5.26 Å². The van der Waals surface area contributed by atoms with E-state index in [9.17, 15) is 9.59 Å². The largest absolute Gasteiger partial charge is 0.490 e. The summed E-state index contributed by atoms with van der Waals surface area (Å²) in [5.74, 6) is 1.13. The Morgan fingerprint density at radius 3 is 2.67 bits per heavy atom. The fourth-order valence-corrected chi connectivity index (χ4v) is 4.59. The number of amides is 1. The molecule has 0 bridgehead atoms. The molecule has 2 aliphatic rings. The molecular formula is C24H26ClN5O3. The van der Waals surface area contributed by atoms with Crippen LogP contribution < -0.4 is 15.0 Å². The Hall–Kier alpha value is -3.18. The lowest BCUT2D eigenvalue weighted by Gasteiger charge is -2.31. The van der Waals surface area contributed by atoms with E-state index < -0.39 is 0 Å². The minimum atomic E-state index is -0.235. The number of hydrogen-bond donors (Lipinski definition) is 1. The number of hydrogen-bond acceptors (Lipinski definition) is 7. The Labute approximate surface area is 197 Å². The van der Waals surface area contributed by atoms with Gasteiger partial charge in [0.05, 0.1) is 16.7 Å². The van der Waals surface area contributed by atoms with E-state index in [4.69, 9.17) is 21.6 Å². The minimum Gasteiger partial charge on any atom is -0.490 e. The highest BCUT2D eigenvalue weighted by Crippen LogP contribution is 2.27. The van der Waals surface area contributed by atoms with E-state index in [-0.39, 0.29) is 29.7 Å². The van der Waals surface area contributed by atoms with Gasteiger partial charge in [0.15, 0.2) is 11.5 Å². The lowest BCUT2D eigenvalue weighted by atomic mass is 9.93. The Kier molecular flexibility index (Phi) is 7.40. The first-order valence-corrected chi connectivity index (χ1v) is 11.6. The van der Waals surface area contributed by atoms with E-state index in [0.29, 0.717) is 28.7 Å². The summed E-state index contributed by atoms with van der Waals surface area (Å²) in [6.45, 7) is 1.48. The van der Waals surface area contributed by atoms with E-state index in [1.807, 2.05) is 11.0 Å². The van der Waals surface area contributed by atoms with Crippen LogP contribution in [0.3, 0.4) is 0 Å². The highest BCUT2D eigenvalue weighted by molar-refractivity contribution is 6.31. The number of ether oxygens (including phenoxy) is 1. The first-order valence-electron chi connectivity index (χ1n) is 11.3. The summed E-state index contributed by atoms with van der Waals surface area (Å²) < 4.78 is 6.00. The van der Waals surface area contributed by atoms with Crippen molar-refractivity contribution in [1.82, 2.24) is 15.5 Å². The normalized spacial score (nSPS) is 22.8. The summed E-state index contributed by atoms with van der Waals surface area (Å²) in [5.41, 5.74) is 0.709. The molecule has 1 aliphatic heterocycles. The molecule has 2 heterocycles. The van der Waals surface area contributed by atoms with Crippen LogP contribution in [-0.4, -0.2) is 47.6 Å². The number of rotatable bonds is 6. The first kappa shape index (κ1) is 23.0. The van der Waals surface area contributed by atoms with Crippen molar-refractivity contribution in [2.24, 2.45) is 5.92 Å². The van der Waals surface area contributed by atoms with E-state index >= 15 is 0 Å². The van der Waals surface area contributed by atoms with Crippen LogP contribution in [0.5, 0.6) is 5.75 Å². The molecule has 9 heteroatoms. The molecule has 2 fully saturated rings. The van der Waals surface area contributed by atoms with Crippen LogP contribution in [0.4, 0.5) is 5.82 Å². The summed E-state index contributed by atoms with van der Waals surface area (Å²) in [4.78, 5) is 25.7. The highest BCUT2D eigenvalue weighted by atomic mass is 35.5. The third kappa shape index (κ3) is 5.79. The van der Waals surface area contributed by atoms with Crippen molar-refractivity contribution < 1.29 is 14.3 Å². The van der Waals surface area contributed by atoms with Gasteiger partial charge in [-0.1, -0.05) is 11.6 Å². The van der Waals surface area contributed by atoms with E-state index in [1.54, 1.807) is 30.3 Å². The van der Waals surface area contributed by atoms with E-state index in [1.165, 1.54) is 0 Å². The van der Waals surface area contributed by atoms with Crippen LogP contribution in [0.15, 0.2) is 30.3 Å². The Balaban J connectivity index is 1.25. The van der Waals surface area contributed by atoms with Crippen molar-refractivity contribution >= 4 is 29.6 Å². The van der Waals surface area contributed by atoms with E-state index in [0.717, 1.165) is 51.4 Å². The maximum Gasteiger partial charge on any atom is 0.272 e. The molecule has 1 aromatic heterocycles. The quantitative estimate of drug-likeness (QED) is 0.647. The number of nitriles is 1. The number of halogens is 1. The molecular weight excluding hydrogens is 442 g/mol. The monoisotopic (exact) mass is 467 g/mol. The maximum absolute atomic E-state index is 12.6. The number of aldehydes is 1. The Morgan fingerprint density at radius 2 is 2.00 bits per heavy atom. The fourth-order valence-electron chi connectivity index (χ4n) is 4.38. The SMILES string of the molecule is N#Cc1ccc(OC2CCC(NC(=O)c3ccc(N4CCCC(C=O)C4)nn3)CC2)cc1Cl. The Bertz CT molecular complexity index is 1030. The van der Waals surface area contributed by atoms with Crippen LogP contribution in [-0.2, 0) is 4.79 Å². The molecule has 1 aromatic carbocycles. The zero-order valence-electron chi connectivity index (χ0n) is 18.2. The second-order valence-electron chi connectivity index (χ2n) is 8.58. The maximum atomic E-state index is 12.6. The minimum absolute atomic E-state index is 0.0246. The number of nitrogens with one attached hydrogen (secondary N) is 1. The van der Waals surface area contributed by atoms with Gasteiger partial charge >= 0.3 is 0 Å². The number of carbonyl (C=O) groups is 2. The molecule has 33 heavy (non-hydrogen) atoms. The van der Waals surface area contributed by atoms with Gasteiger partial charge in [0.25, 0.3) is 5.91 Å². The zero-order valence-corrected chi connectivity index (χ0v) is 19.0. The predicted octanol–water partition coefficient (Wildman–Crippen LogP) is 3.54. The van der Waals surface area contributed by atoms with Crippen LogP contribution >= 0.6 is 11.6 Å². The third-order valence-corrected chi connectivity index (χ3v) is 6.54. The van der Waals surface area contributed by atoms with Gasteiger partial charge in [-0.3, -0.25) is 4.79 Å². The molecule has 1 N–H and O–H groups in total. The van der Waals surface area contributed by atoms with Crippen molar-refractivity contribution in [2.45, 2.75) is 50.7 Å². The Morgan fingerprint density at radius 1 is 1.18 bits per heavy atom. The van der Waals surface area contributed by atoms with Gasteiger partial charge in [-0.25, -0.2) is 0 Å². The molecule has 0 radical (unpaired) electrons. The van der Waals surface area contributed by atoms with Gasteiger partial charge < -0.3 is 19.7 Å². The molecule has 4 rings (SSSR count). The molecule has 0 spiro atoms. The number of carbonyl (C=O) groups excluding carboxylic acids is 2. The standard InChI is InChI=1S/C24H26ClN5O3/c25-21-12-20(6-3-17(21)13-26)33-19-7-4-18(5-8-19)27-24(32)22-9-10-23(29-28-22)30-11-1-2-16(14-30)15-31/h3,6,9-10,12,15-16,18-19H,1-2,4-5,7-8,11,14H2,(H,27,32). The number of piperidine rings is 1.